The molecule has 0 spiro atoms. The van der Waals surface area contributed by atoms with Crippen molar-refractivity contribution < 1.29 is 62.6 Å². The van der Waals surface area contributed by atoms with Crippen LogP contribution in [-0.4, -0.2) is 206 Å². The Morgan fingerprint density at radius 1 is 0.564 bits per heavy atom. The van der Waals surface area contributed by atoms with Gasteiger partial charge in [0.05, 0.1) is 25.6 Å². The molecule has 9 atom stereocenters. The van der Waals surface area contributed by atoms with Crippen LogP contribution < -0.4 is 104 Å². The summed E-state index contributed by atoms with van der Waals surface area (Å²) in [6, 6.07) is 11.2. The lowest BCUT2D eigenvalue weighted by Crippen LogP contribution is -2.63. The van der Waals surface area contributed by atoms with Crippen molar-refractivity contribution in [1.29, 1.82) is 0 Å². The number of nitrogens with one attached hydrogen (secondary N) is 11. The van der Waals surface area contributed by atoms with E-state index in [9.17, 15) is 62.6 Å². The minimum atomic E-state index is -1.86. The highest BCUT2D eigenvalue weighted by Crippen LogP contribution is 2.21. The number of primary amides is 1. The molecule has 36 heteroatoms. The Bertz CT molecular complexity index is 3370. The van der Waals surface area contributed by atoms with Crippen LogP contribution in [0, 0.1) is 0 Å². The van der Waals surface area contributed by atoms with Crippen LogP contribution in [0.1, 0.15) is 93.7 Å². The minimum absolute atomic E-state index is 0.0200. The fourth-order valence-corrected chi connectivity index (χ4v) is 10.9. The molecule has 5 rings (SSSR count). The van der Waals surface area contributed by atoms with Crippen molar-refractivity contribution in [2.45, 2.75) is 151 Å². The van der Waals surface area contributed by atoms with E-state index < -0.39 is 151 Å². The van der Waals surface area contributed by atoms with E-state index in [4.69, 9.17) is 45.9 Å². The van der Waals surface area contributed by atoms with Crippen LogP contribution in [0.5, 0.6) is 5.75 Å². The first kappa shape index (κ1) is 80.5. The van der Waals surface area contributed by atoms with Gasteiger partial charge >= 0.3 is 0 Å². The summed E-state index contributed by atoms with van der Waals surface area (Å²) in [5, 5.41) is 38.7. The molecular formula is C65H97N23O13. The fourth-order valence-electron chi connectivity index (χ4n) is 10.9. The highest BCUT2D eigenvalue weighted by Gasteiger charge is 2.41. The quantitative estimate of drug-likeness (QED) is 0.0145. The third-order valence-electron chi connectivity index (χ3n) is 16.2. The molecule has 0 radical (unpaired) electrons. The standard InChI is InChI=1S/C65H97N23O13/c66-26-8-7-17-42(54(67)93)82-61(100)50-21-12-30-88(50)62(101)45(20-11-29-76-65(72)73)85-60(99)49-35-78-51(90)33-48(59(98)84-43(18-9-27-74-63(68)69)56(95)83-44(57(96)87-49)19-10-28-75-64(70)71)86-58(97)47(32-38-13-3-1-4-14-38)81-53(92)37-79-52(91)36-80-55(94)46(31-39-22-24-41(89)25-23-39)77-34-40-15-5-2-6-16-40/h1-6,13-16,22-25,42-50,77,89H,7-12,17-21,26-37,66H2,(H2,67,93)(H,78,90)(H,79,91)(H,80,94)(H,81,92)(H,82,100)(H,83,95)(H,84,98)(H,85,99)(H,86,97)(H,87,96)(H4,68,69,74)(H4,70,71,75)(H4,72,73,76)/t42-,43+,44-,45-,46-,47-,48-,49-,50-/m0/s1. The van der Waals surface area contributed by atoms with Gasteiger partial charge in [0.15, 0.2) is 17.9 Å². The number of rotatable bonds is 37. The molecule has 3 aromatic rings. The molecular weight excluding hydrogens is 1310 g/mol. The number of guanidine groups is 3. The van der Waals surface area contributed by atoms with Gasteiger partial charge in [0.2, 0.25) is 70.9 Å². The Kier molecular flexibility index (Phi) is 34.0. The number of unbranched alkanes of at least 4 members (excludes halogenated alkanes) is 1. The first-order valence-corrected chi connectivity index (χ1v) is 33.3. The normalized spacial score (nSPS) is 18.3. The average molecular weight is 1410 g/mol. The maximum Gasteiger partial charge on any atom is 0.245 e. The minimum Gasteiger partial charge on any atom is -0.508 e. The highest BCUT2D eigenvalue weighted by molar-refractivity contribution is 6.00. The summed E-state index contributed by atoms with van der Waals surface area (Å²) < 4.78 is 0. The maximum absolute atomic E-state index is 14.8. The number of phenolic OH excluding ortho intramolecular Hbond substituents is 1. The van der Waals surface area contributed by atoms with E-state index in [-0.39, 0.29) is 114 Å². The molecule has 0 saturated carbocycles. The number of hydrogen-bond acceptors (Lipinski definition) is 18. The van der Waals surface area contributed by atoms with E-state index in [1.54, 1.807) is 42.5 Å². The lowest BCUT2D eigenvalue weighted by Gasteiger charge is -2.31. The summed E-state index contributed by atoms with van der Waals surface area (Å²) in [4.78, 5) is 182. The van der Waals surface area contributed by atoms with Crippen molar-refractivity contribution in [1.82, 2.24) is 63.4 Å². The number of carbonyl (C=O) groups excluding carboxylic acids is 12. The largest absolute Gasteiger partial charge is 0.508 e. The number of hydrogen-bond donors (Lipinski definition) is 20. The number of benzene rings is 3. The topological polar surface area (TPSA) is 606 Å². The SMILES string of the molecule is NCCCC[C@H](NC(=O)[C@@H]1CCCN1C(=O)[C@H](CCCN=C(N)N)NC(=O)[C@@H]1CNC(=O)C[C@H](NC(=O)[C@H](Cc2ccccc2)NC(=O)CNC(=O)CNC(=O)[C@H](Cc2ccc(O)cc2)NCc2ccccc2)C(=O)N[C@H](CCCN=C(N)N)C(=O)N[C@@H](CCCN=C(N)N)C(=O)N1)C(N)=O. The molecule has 2 fully saturated rings. The van der Waals surface area contributed by atoms with Gasteiger partial charge in [-0.2, -0.15) is 0 Å². The molecule has 550 valence electrons. The van der Waals surface area contributed by atoms with Gasteiger partial charge in [-0.3, -0.25) is 72.5 Å². The molecule has 0 aliphatic carbocycles. The second kappa shape index (κ2) is 42.6. The summed E-state index contributed by atoms with van der Waals surface area (Å²) in [5.41, 5.74) is 46.8. The first-order chi connectivity index (χ1) is 48.3. The number of aromatic hydroxyl groups is 1. The van der Waals surface area contributed by atoms with Gasteiger partial charge < -0.3 is 114 Å². The summed E-state index contributed by atoms with van der Waals surface area (Å²) >= 11 is 0. The van der Waals surface area contributed by atoms with Gasteiger partial charge in [-0.05, 0) is 112 Å². The van der Waals surface area contributed by atoms with Gasteiger partial charge in [-0.25, -0.2) is 0 Å². The molecule has 36 nitrogen and oxygen atoms in total. The third kappa shape index (κ3) is 29.4. The van der Waals surface area contributed by atoms with E-state index >= 15 is 0 Å². The van der Waals surface area contributed by atoms with Gasteiger partial charge in [-0.15, -0.1) is 0 Å². The smallest absolute Gasteiger partial charge is 0.245 e. The molecule has 2 saturated heterocycles. The molecule has 12 amide bonds. The van der Waals surface area contributed by atoms with Crippen LogP contribution in [0.25, 0.3) is 0 Å². The van der Waals surface area contributed by atoms with Crippen LogP contribution in [0.3, 0.4) is 0 Å². The van der Waals surface area contributed by atoms with E-state index in [0.29, 0.717) is 43.5 Å². The lowest BCUT2D eigenvalue weighted by molar-refractivity contribution is -0.142. The molecule has 0 aromatic heterocycles. The third-order valence-corrected chi connectivity index (χ3v) is 16.2. The van der Waals surface area contributed by atoms with Gasteiger partial charge in [0.1, 0.15) is 54.1 Å². The number of carbonyl (C=O) groups is 12. The second-order valence-electron chi connectivity index (χ2n) is 24.2. The van der Waals surface area contributed by atoms with Gasteiger partial charge in [0.25, 0.3) is 0 Å². The van der Waals surface area contributed by atoms with Gasteiger partial charge in [-0.1, -0.05) is 72.8 Å². The molecule has 101 heavy (non-hydrogen) atoms. The molecule has 0 bridgehead atoms. The van der Waals surface area contributed by atoms with Crippen molar-refractivity contribution in [3.05, 3.63) is 102 Å². The van der Waals surface area contributed by atoms with Crippen molar-refractivity contribution in [3.8, 4) is 5.75 Å². The van der Waals surface area contributed by atoms with E-state index in [2.05, 4.69) is 73.5 Å². The lowest BCUT2D eigenvalue weighted by atomic mass is 10.0. The van der Waals surface area contributed by atoms with E-state index in [1.807, 2.05) is 30.3 Å². The number of aliphatic imine (C=N–C) groups is 3. The molecule has 28 N–H and O–H groups in total. The Labute approximate surface area is 584 Å². The van der Waals surface area contributed by atoms with E-state index in [0.717, 1.165) is 5.56 Å². The molecule has 2 aliphatic rings. The summed E-state index contributed by atoms with van der Waals surface area (Å²) in [6.45, 7) is -1.46. The van der Waals surface area contributed by atoms with Crippen molar-refractivity contribution in [2.24, 2.45) is 60.8 Å². The Morgan fingerprint density at radius 2 is 1.11 bits per heavy atom. The Hall–Kier alpha value is -11.2. The average Bonchev–Trinajstić information content (AvgIpc) is 1.78. The number of amides is 12. The monoisotopic (exact) mass is 1410 g/mol. The van der Waals surface area contributed by atoms with E-state index in [1.165, 1.54) is 17.0 Å². The highest BCUT2D eigenvalue weighted by atomic mass is 16.3. The summed E-state index contributed by atoms with van der Waals surface area (Å²) in [7, 11) is 0. The zero-order valence-corrected chi connectivity index (χ0v) is 56.3. The summed E-state index contributed by atoms with van der Waals surface area (Å²) in [5.74, 6) is -11.4. The number of likely N-dealkylation sites (tertiary alicyclic amines) is 1. The van der Waals surface area contributed by atoms with Crippen LogP contribution in [0.2, 0.25) is 0 Å². The van der Waals surface area contributed by atoms with Crippen LogP contribution in [-0.2, 0) is 76.9 Å². The molecule has 0 unspecified atom stereocenters. The maximum atomic E-state index is 14.8. The number of nitrogens with zero attached hydrogens (tertiary/aromatic N) is 4. The molecule has 3 aromatic carbocycles. The van der Waals surface area contributed by atoms with Crippen LogP contribution in [0.15, 0.2) is 99.9 Å². The Balaban J connectivity index is 1.42. The predicted octanol–water partition coefficient (Wildman–Crippen LogP) is -6.75. The second-order valence-corrected chi connectivity index (χ2v) is 24.2. The zero-order chi connectivity index (χ0) is 73.8. The fraction of sp³-hybridized carbons (Fsp3) is 0.492. The molecule has 2 heterocycles. The van der Waals surface area contributed by atoms with Crippen molar-refractivity contribution in [2.75, 3.05) is 52.4 Å². The summed E-state index contributed by atoms with van der Waals surface area (Å²) in [6.07, 6.45) is 0.402. The molecule has 2 aliphatic heterocycles. The van der Waals surface area contributed by atoms with Crippen LogP contribution >= 0.6 is 0 Å². The van der Waals surface area contributed by atoms with Crippen LogP contribution in [0.4, 0.5) is 0 Å². The van der Waals surface area contributed by atoms with Crippen molar-refractivity contribution in [3.63, 3.8) is 0 Å². The van der Waals surface area contributed by atoms with Gasteiger partial charge in [0, 0.05) is 45.7 Å². The number of nitrogens with two attached hydrogens (primary N) is 8. The van der Waals surface area contributed by atoms with Crippen molar-refractivity contribution >= 4 is 88.8 Å². The predicted molar refractivity (Wildman–Crippen MR) is 373 cm³/mol. The zero-order valence-electron chi connectivity index (χ0n) is 56.3. The first-order valence-electron chi connectivity index (χ1n) is 33.3. The number of phenols is 1. The Morgan fingerprint density at radius 3 is 1.71 bits per heavy atom.